The van der Waals surface area contributed by atoms with Gasteiger partial charge in [0.15, 0.2) is 0 Å². The topological polar surface area (TPSA) is 0 Å². The second-order valence-corrected chi connectivity index (χ2v) is 3.71. The third-order valence-corrected chi connectivity index (χ3v) is 2.24. The predicted molar refractivity (Wildman–Crippen MR) is 77.8 cm³/mol. The number of hydrogen-bond acceptors (Lipinski definition) is 0. The summed E-state index contributed by atoms with van der Waals surface area (Å²) in [6.07, 6.45) is 32.5. The van der Waals surface area contributed by atoms with Gasteiger partial charge in [0.05, 0.1) is 0 Å². The average Bonchev–Trinajstić information content (AvgIpc) is 2.35. The van der Waals surface area contributed by atoms with Gasteiger partial charge >= 0.3 is 0 Å². The van der Waals surface area contributed by atoms with Gasteiger partial charge in [-0.2, -0.15) is 0 Å². The SMILES string of the molecule is C1=CC=CC=CC=CCCCC=CC=CC=C1. The summed E-state index contributed by atoms with van der Waals surface area (Å²) in [5, 5.41) is 0. The molecule has 0 heteroatoms. The van der Waals surface area contributed by atoms with Crippen LogP contribution in [0, 0.1) is 0 Å². The standard InChI is InChI=1S/C17H20/c1-2-4-6-8-10-12-14-16-17-15-13-11-9-7-5-3-1/h1-14H,15-17H2. The molecule has 0 aliphatic heterocycles. The molecule has 0 nitrogen and oxygen atoms in total. The first kappa shape index (κ1) is 13.2. The Labute approximate surface area is 105 Å². The highest BCUT2D eigenvalue weighted by atomic mass is 13.8. The van der Waals surface area contributed by atoms with E-state index in [4.69, 9.17) is 0 Å². The fraction of sp³-hybridized carbons (Fsp3) is 0.176. The zero-order valence-electron chi connectivity index (χ0n) is 10.2. The first-order chi connectivity index (χ1) is 8.50. The van der Waals surface area contributed by atoms with Gasteiger partial charge in [-0.25, -0.2) is 0 Å². The van der Waals surface area contributed by atoms with Crippen molar-refractivity contribution in [1.82, 2.24) is 0 Å². The van der Waals surface area contributed by atoms with Crippen molar-refractivity contribution in [2.75, 3.05) is 0 Å². The largest absolute Gasteiger partial charge is 0.0845 e. The van der Waals surface area contributed by atoms with E-state index < -0.39 is 0 Å². The molecule has 0 aromatic heterocycles. The van der Waals surface area contributed by atoms with Crippen LogP contribution in [0.3, 0.4) is 0 Å². The van der Waals surface area contributed by atoms with E-state index >= 15 is 0 Å². The molecule has 0 bridgehead atoms. The molecule has 0 atom stereocenters. The van der Waals surface area contributed by atoms with Crippen LogP contribution in [-0.2, 0) is 0 Å². The molecule has 0 aromatic carbocycles. The number of allylic oxidation sites excluding steroid dienone is 14. The van der Waals surface area contributed by atoms with Crippen molar-refractivity contribution in [2.45, 2.75) is 19.3 Å². The smallest absolute Gasteiger partial charge is 0.0345 e. The molecule has 0 amide bonds. The normalized spacial score (nSPS) is 17.4. The Kier molecular flexibility index (Phi) is 8.33. The summed E-state index contributed by atoms with van der Waals surface area (Å²) in [7, 11) is 0. The Hall–Kier alpha value is -1.82. The second kappa shape index (κ2) is 10.7. The maximum atomic E-state index is 2.21. The van der Waals surface area contributed by atoms with Crippen molar-refractivity contribution in [1.29, 1.82) is 0 Å². The van der Waals surface area contributed by atoms with Gasteiger partial charge in [-0.05, 0) is 19.3 Å². The average molecular weight is 224 g/mol. The lowest BCUT2D eigenvalue weighted by Crippen LogP contribution is -1.68. The van der Waals surface area contributed by atoms with Crippen LogP contribution in [-0.4, -0.2) is 0 Å². The Morgan fingerprint density at radius 1 is 0.353 bits per heavy atom. The van der Waals surface area contributed by atoms with E-state index in [2.05, 4.69) is 36.5 Å². The first-order valence-electron chi connectivity index (χ1n) is 6.15. The Bertz CT molecular complexity index is 335. The fourth-order valence-electron chi connectivity index (χ4n) is 1.34. The molecule has 0 radical (unpaired) electrons. The van der Waals surface area contributed by atoms with E-state index in [0.29, 0.717) is 0 Å². The molecule has 0 N–H and O–H groups in total. The van der Waals surface area contributed by atoms with E-state index in [9.17, 15) is 0 Å². The monoisotopic (exact) mass is 224 g/mol. The minimum absolute atomic E-state index is 1.14. The molecule has 0 spiro atoms. The minimum Gasteiger partial charge on any atom is -0.0845 e. The van der Waals surface area contributed by atoms with Crippen LogP contribution in [0.25, 0.3) is 0 Å². The summed E-state index contributed by atoms with van der Waals surface area (Å²) >= 11 is 0. The van der Waals surface area contributed by atoms with Gasteiger partial charge in [-0.15, -0.1) is 0 Å². The molecule has 0 aromatic rings. The minimum atomic E-state index is 1.14. The fourth-order valence-corrected chi connectivity index (χ4v) is 1.34. The Balaban J connectivity index is 2.54. The van der Waals surface area contributed by atoms with E-state index in [0.717, 1.165) is 12.8 Å². The summed E-state index contributed by atoms with van der Waals surface area (Å²) in [5.74, 6) is 0. The molecule has 0 saturated carbocycles. The molecule has 1 rings (SSSR count). The summed E-state index contributed by atoms with van der Waals surface area (Å²) in [6.45, 7) is 0. The second-order valence-electron chi connectivity index (χ2n) is 3.71. The molecule has 0 heterocycles. The zero-order valence-corrected chi connectivity index (χ0v) is 10.2. The van der Waals surface area contributed by atoms with Crippen molar-refractivity contribution in [3.63, 3.8) is 0 Å². The van der Waals surface area contributed by atoms with Gasteiger partial charge in [0.1, 0.15) is 0 Å². The summed E-state index contributed by atoms with van der Waals surface area (Å²) in [5.41, 5.74) is 0. The molecule has 1 aliphatic rings. The molecule has 17 heavy (non-hydrogen) atoms. The highest BCUT2D eigenvalue weighted by Crippen LogP contribution is 1.98. The third kappa shape index (κ3) is 9.13. The highest BCUT2D eigenvalue weighted by Gasteiger charge is 1.78. The van der Waals surface area contributed by atoms with Crippen LogP contribution in [0.4, 0.5) is 0 Å². The van der Waals surface area contributed by atoms with Crippen molar-refractivity contribution in [2.24, 2.45) is 0 Å². The number of hydrogen-bond donors (Lipinski definition) is 0. The summed E-state index contributed by atoms with van der Waals surface area (Å²) in [6, 6.07) is 0. The van der Waals surface area contributed by atoms with Gasteiger partial charge in [0, 0.05) is 0 Å². The highest BCUT2D eigenvalue weighted by molar-refractivity contribution is 5.20. The van der Waals surface area contributed by atoms with E-state index in [1.165, 1.54) is 6.42 Å². The lowest BCUT2D eigenvalue weighted by atomic mass is 10.2. The van der Waals surface area contributed by atoms with Crippen LogP contribution in [0.15, 0.2) is 85.1 Å². The maximum Gasteiger partial charge on any atom is -0.0345 e. The van der Waals surface area contributed by atoms with Crippen LogP contribution in [0.5, 0.6) is 0 Å². The van der Waals surface area contributed by atoms with Gasteiger partial charge in [-0.3, -0.25) is 0 Å². The molecular weight excluding hydrogens is 204 g/mol. The van der Waals surface area contributed by atoms with Crippen LogP contribution < -0.4 is 0 Å². The third-order valence-electron chi connectivity index (χ3n) is 2.24. The summed E-state index contributed by atoms with van der Waals surface area (Å²) in [4.78, 5) is 0. The van der Waals surface area contributed by atoms with E-state index in [1.54, 1.807) is 0 Å². The molecular formula is C17H20. The van der Waals surface area contributed by atoms with Gasteiger partial charge < -0.3 is 0 Å². The zero-order chi connectivity index (χ0) is 12.0. The van der Waals surface area contributed by atoms with Crippen LogP contribution in [0.1, 0.15) is 19.3 Å². The Morgan fingerprint density at radius 2 is 0.647 bits per heavy atom. The lowest BCUT2D eigenvalue weighted by Gasteiger charge is -1.88. The maximum absolute atomic E-state index is 2.21. The van der Waals surface area contributed by atoms with Gasteiger partial charge in [0.2, 0.25) is 0 Å². The molecule has 88 valence electrons. The first-order valence-corrected chi connectivity index (χ1v) is 6.15. The van der Waals surface area contributed by atoms with Gasteiger partial charge in [-0.1, -0.05) is 85.1 Å². The lowest BCUT2D eigenvalue weighted by molar-refractivity contribution is 0.868. The van der Waals surface area contributed by atoms with Crippen LogP contribution >= 0.6 is 0 Å². The Morgan fingerprint density at radius 3 is 1.00 bits per heavy atom. The van der Waals surface area contributed by atoms with E-state index in [1.807, 2.05) is 48.6 Å². The van der Waals surface area contributed by atoms with E-state index in [-0.39, 0.29) is 0 Å². The van der Waals surface area contributed by atoms with Crippen molar-refractivity contribution < 1.29 is 0 Å². The summed E-state index contributed by atoms with van der Waals surface area (Å²) < 4.78 is 0. The molecule has 0 unspecified atom stereocenters. The predicted octanol–water partition coefficient (Wildman–Crippen LogP) is 5.06. The van der Waals surface area contributed by atoms with Gasteiger partial charge in [0.25, 0.3) is 0 Å². The molecule has 0 saturated heterocycles. The van der Waals surface area contributed by atoms with Crippen molar-refractivity contribution >= 4 is 0 Å². The van der Waals surface area contributed by atoms with Crippen LogP contribution in [0.2, 0.25) is 0 Å². The molecule has 1 aliphatic carbocycles. The van der Waals surface area contributed by atoms with Crippen molar-refractivity contribution in [3.8, 4) is 0 Å². The number of rotatable bonds is 0. The molecule has 0 fully saturated rings. The van der Waals surface area contributed by atoms with Crippen molar-refractivity contribution in [3.05, 3.63) is 85.1 Å². The quantitative estimate of drug-likeness (QED) is 0.539.